The van der Waals surface area contributed by atoms with Gasteiger partial charge in [-0.3, -0.25) is 0 Å². The van der Waals surface area contributed by atoms with Crippen molar-refractivity contribution in [2.45, 2.75) is 38.4 Å². The maximum atomic E-state index is 9.12. The van der Waals surface area contributed by atoms with E-state index in [2.05, 4.69) is 6.58 Å². The van der Waals surface area contributed by atoms with Gasteiger partial charge in [0.25, 0.3) is 0 Å². The summed E-state index contributed by atoms with van der Waals surface area (Å²) in [6.07, 6.45) is 2.60. The van der Waals surface area contributed by atoms with E-state index in [1.54, 1.807) is 6.08 Å². The van der Waals surface area contributed by atoms with Crippen molar-refractivity contribution in [3.05, 3.63) is 12.7 Å². The summed E-state index contributed by atoms with van der Waals surface area (Å²) in [7, 11) is 0. The van der Waals surface area contributed by atoms with E-state index >= 15 is 0 Å². The zero-order chi connectivity index (χ0) is 7.98. The van der Waals surface area contributed by atoms with Crippen LogP contribution in [-0.2, 0) is 0 Å². The van der Waals surface area contributed by atoms with Crippen molar-refractivity contribution in [1.29, 1.82) is 0 Å². The Balaban J connectivity index is 3.35. The van der Waals surface area contributed by atoms with Crippen LogP contribution in [0.4, 0.5) is 0 Å². The lowest BCUT2D eigenvalue weighted by Crippen LogP contribution is -2.15. The largest absolute Gasteiger partial charge is 0.393 e. The van der Waals surface area contributed by atoms with E-state index in [0.29, 0.717) is 19.3 Å². The minimum Gasteiger partial charge on any atom is -0.393 e. The summed E-state index contributed by atoms with van der Waals surface area (Å²) in [6, 6.07) is 0. The lowest BCUT2D eigenvalue weighted by molar-refractivity contribution is 0.0802. The fourth-order valence-corrected chi connectivity index (χ4v) is 0.769. The highest BCUT2D eigenvalue weighted by atomic mass is 16.3. The van der Waals surface area contributed by atoms with E-state index in [1.165, 1.54) is 0 Å². The van der Waals surface area contributed by atoms with Gasteiger partial charge in [0.1, 0.15) is 0 Å². The maximum Gasteiger partial charge on any atom is 0.0599 e. The quantitative estimate of drug-likeness (QED) is 0.567. The second kappa shape index (κ2) is 5.45. The maximum absolute atomic E-state index is 9.12. The lowest BCUT2D eigenvalue weighted by atomic mass is 10.1. The van der Waals surface area contributed by atoms with E-state index in [0.717, 1.165) is 0 Å². The third-order valence-corrected chi connectivity index (χ3v) is 1.45. The van der Waals surface area contributed by atoms with Crippen LogP contribution in [0.2, 0.25) is 0 Å². The summed E-state index contributed by atoms with van der Waals surface area (Å²) in [5, 5.41) is 18.2. The highest BCUT2D eigenvalue weighted by Gasteiger charge is 2.07. The normalized spacial score (nSPS) is 16.3. The molecule has 0 unspecified atom stereocenters. The zero-order valence-electron chi connectivity index (χ0n) is 6.45. The molecule has 0 aromatic heterocycles. The first-order valence-electron chi connectivity index (χ1n) is 3.67. The molecule has 0 fully saturated rings. The molecule has 0 aliphatic rings. The Morgan fingerprint density at radius 3 is 2.40 bits per heavy atom. The molecule has 0 spiro atoms. The predicted molar refractivity (Wildman–Crippen MR) is 41.7 cm³/mol. The van der Waals surface area contributed by atoms with Gasteiger partial charge in [-0.1, -0.05) is 13.0 Å². The Kier molecular flexibility index (Phi) is 5.26. The molecule has 0 radical (unpaired) electrons. The summed E-state index contributed by atoms with van der Waals surface area (Å²) in [5.74, 6) is 0. The minimum absolute atomic E-state index is 0.366. The number of hydrogen-bond donors (Lipinski definition) is 2. The van der Waals surface area contributed by atoms with E-state index in [4.69, 9.17) is 10.2 Å². The minimum atomic E-state index is -0.424. The molecule has 0 bridgehead atoms. The number of aliphatic hydroxyl groups is 2. The van der Waals surface area contributed by atoms with Crippen LogP contribution < -0.4 is 0 Å². The van der Waals surface area contributed by atoms with Crippen LogP contribution in [0.15, 0.2) is 12.7 Å². The van der Waals surface area contributed by atoms with Crippen LogP contribution in [0, 0.1) is 0 Å². The number of aliphatic hydroxyl groups excluding tert-OH is 2. The molecule has 10 heavy (non-hydrogen) atoms. The van der Waals surface area contributed by atoms with Crippen LogP contribution in [0.5, 0.6) is 0 Å². The SMILES string of the molecule is C=CC[C@H](O)C[C@H](O)CC. The third kappa shape index (κ3) is 4.53. The average molecular weight is 144 g/mol. The molecule has 0 aliphatic heterocycles. The summed E-state index contributed by atoms with van der Waals surface area (Å²) >= 11 is 0. The lowest BCUT2D eigenvalue weighted by Gasteiger charge is -2.11. The molecule has 2 atom stereocenters. The highest BCUT2D eigenvalue weighted by molar-refractivity contribution is 4.73. The first-order chi connectivity index (χ1) is 4.70. The fraction of sp³-hybridized carbons (Fsp3) is 0.750. The highest BCUT2D eigenvalue weighted by Crippen LogP contribution is 2.04. The second-order valence-electron chi connectivity index (χ2n) is 2.48. The third-order valence-electron chi connectivity index (χ3n) is 1.45. The Labute approximate surface area is 62.2 Å². The molecule has 0 aromatic carbocycles. The van der Waals surface area contributed by atoms with Crippen molar-refractivity contribution in [3.63, 3.8) is 0 Å². The second-order valence-corrected chi connectivity index (χ2v) is 2.48. The standard InChI is InChI=1S/C8H16O2/c1-3-5-8(10)6-7(9)4-2/h3,7-10H,1,4-6H2,2H3/t7-,8+/m1/s1. The van der Waals surface area contributed by atoms with Gasteiger partial charge < -0.3 is 10.2 Å². The van der Waals surface area contributed by atoms with E-state index < -0.39 is 6.10 Å². The number of rotatable bonds is 5. The molecule has 60 valence electrons. The van der Waals surface area contributed by atoms with Crippen molar-refractivity contribution in [3.8, 4) is 0 Å². The fourth-order valence-electron chi connectivity index (χ4n) is 0.769. The first kappa shape index (κ1) is 9.66. The van der Waals surface area contributed by atoms with Gasteiger partial charge in [0, 0.05) is 0 Å². The zero-order valence-corrected chi connectivity index (χ0v) is 6.45. The summed E-state index contributed by atoms with van der Waals surface area (Å²) in [4.78, 5) is 0. The Bertz CT molecular complexity index is 91.3. The van der Waals surface area contributed by atoms with Crippen molar-refractivity contribution >= 4 is 0 Å². The molecule has 0 heterocycles. The molecule has 0 amide bonds. The van der Waals surface area contributed by atoms with Gasteiger partial charge in [0.2, 0.25) is 0 Å². The van der Waals surface area contributed by atoms with Gasteiger partial charge in [-0.15, -0.1) is 6.58 Å². The summed E-state index contributed by atoms with van der Waals surface area (Å²) in [5.41, 5.74) is 0. The van der Waals surface area contributed by atoms with Crippen LogP contribution >= 0.6 is 0 Å². The molecular formula is C8H16O2. The van der Waals surface area contributed by atoms with Gasteiger partial charge in [0.15, 0.2) is 0 Å². The van der Waals surface area contributed by atoms with Crippen LogP contribution in [-0.4, -0.2) is 22.4 Å². The van der Waals surface area contributed by atoms with Crippen LogP contribution in [0.25, 0.3) is 0 Å². The van der Waals surface area contributed by atoms with Gasteiger partial charge in [-0.25, -0.2) is 0 Å². The Morgan fingerprint density at radius 1 is 1.40 bits per heavy atom. The van der Waals surface area contributed by atoms with Crippen molar-refractivity contribution in [2.75, 3.05) is 0 Å². The van der Waals surface area contributed by atoms with Crippen LogP contribution in [0.1, 0.15) is 26.2 Å². The van der Waals surface area contributed by atoms with Crippen molar-refractivity contribution in [2.24, 2.45) is 0 Å². The van der Waals surface area contributed by atoms with Gasteiger partial charge >= 0.3 is 0 Å². The van der Waals surface area contributed by atoms with E-state index in [1.807, 2.05) is 6.92 Å². The molecule has 0 rings (SSSR count). The van der Waals surface area contributed by atoms with Gasteiger partial charge in [0.05, 0.1) is 12.2 Å². The monoisotopic (exact) mass is 144 g/mol. The van der Waals surface area contributed by atoms with E-state index in [9.17, 15) is 0 Å². The van der Waals surface area contributed by atoms with E-state index in [-0.39, 0.29) is 6.10 Å². The van der Waals surface area contributed by atoms with Crippen LogP contribution in [0.3, 0.4) is 0 Å². The predicted octanol–water partition coefficient (Wildman–Crippen LogP) is 1.08. The molecule has 0 aliphatic carbocycles. The topological polar surface area (TPSA) is 40.5 Å². The summed E-state index contributed by atoms with van der Waals surface area (Å²) in [6.45, 7) is 5.39. The molecule has 2 nitrogen and oxygen atoms in total. The molecule has 0 aromatic rings. The molecule has 0 saturated heterocycles. The number of hydrogen-bond acceptors (Lipinski definition) is 2. The van der Waals surface area contributed by atoms with Crippen molar-refractivity contribution < 1.29 is 10.2 Å². The first-order valence-corrected chi connectivity index (χ1v) is 3.67. The molecular weight excluding hydrogens is 128 g/mol. The molecule has 2 N–H and O–H groups in total. The average Bonchev–Trinajstić information content (AvgIpc) is 1.88. The smallest absolute Gasteiger partial charge is 0.0599 e. The Hall–Kier alpha value is -0.340. The van der Waals surface area contributed by atoms with Gasteiger partial charge in [-0.05, 0) is 19.3 Å². The molecule has 0 saturated carbocycles. The van der Waals surface area contributed by atoms with Gasteiger partial charge in [-0.2, -0.15) is 0 Å². The summed E-state index contributed by atoms with van der Waals surface area (Å²) < 4.78 is 0. The Morgan fingerprint density at radius 2 is 2.00 bits per heavy atom. The molecule has 2 heteroatoms. The van der Waals surface area contributed by atoms with Crippen molar-refractivity contribution in [1.82, 2.24) is 0 Å².